The Hall–Kier alpha value is -3.60. The van der Waals surface area contributed by atoms with Crippen LogP contribution in [0, 0.1) is 10.1 Å². The van der Waals surface area contributed by atoms with Crippen LogP contribution in [0.4, 0.5) is 10.5 Å². The molecule has 0 unspecified atom stereocenters. The van der Waals surface area contributed by atoms with Crippen molar-refractivity contribution in [2.75, 3.05) is 7.11 Å². The van der Waals surface area contributed by atoms with E-state index >= 15 is 0 Å². The Bertz CT molecular complexity index is 1030. The number of esters is 1. The number of nitro groups is 1. The fourth-order valence-corrected chi connectivity index (χ4v) is 3.23. The van der Waals surface area contributed by atoms with Crippen LogP contribution in [0.5, 0.6) is 5.75 Å². The summed E-state index contributed by atoms with van der Waals surface area (Å²) in [6.07, 6.45) is 1.32. The highest BCUT2D eigenvalue weighted by Crippen LogP contribution is 2.35. The van der Waals surface area contributed by atoms with Gasteiger partial charge in [-0.2, -0.15) is 0 Å². The van der Waals surface area contributed by atoms with Crippen molar-refractivity contribution in [1.82, 2.24) is 4.90 Å². The summed E-state index contributed by atoms with van der Waals surface area (Å²) in [4.78, 5) is 47.2. The van der Waals surface area contributed by atoms with Gasteiger partial charge in [-0.3, -0.25) is 24.6 Å². The first-order chi connectivity index (χ1) is 13.3. The summed E-state index contributed by atoms with van der Waals surface area (Å²) in [5.74, 6) is -1.65. The normalized spacial score (nSPS) is 15.3. The fraction of sp³-hybridized carbons (Fsp3) is 0.118. The van der Waals surface area contributed by atoms with E-state index in [1.54, 1.807) is 0 Å². The smallest absolute Gasteiger partial charge is 0.373 e. The molecule has 1 aliphatic rings. The average molecular weight is 404 g/mol. The minimum Gasteiger partial charge on any atom is -0.502 e. The molecule has 0 radical (unpaired) electrons. The molecule has 1 saturated heterocycles. The molecule has 11 heteroatoms. The fourth-order valence-electron chi connectivity index (χ4n) is 2.39. The number of phenols is 1. The summed E-state index contributed by atoms with van der Waals surface area (Å²) in [5, 5.41) is 19.8. The second-order valence-corrected chi connectivity index (χ2v) is 6.52. The number of benzene rings is 1. The van der Waals surface area contributed by atoms with E-state index in [0.717, 1.165) is 17.0 Å². The molecule has 1 aliphatic heterocycles. The Balaban J connectivity index is 1.81. The zero-order chi connectivity index (χ0) is 20.4. The van der Waals surface area contributed by atoms with Crippen LogP contribution in [-0.4, -0.2) is 39.2 Å². The van der Waals surface area contributed by atoms with Crippen molar-refractivity contribution in [3.05, 3.63) is 62.4 Å². The summed E-state index contributed by atoms with van der Waals surface area (Å²) >= 11 is 0.665. The van der Waals surface area contributed by atoms with Gasteiger partial charge in [0.25, 0.3) is 11.1 Å². The summed E-state index contributed by atoms with van der Waals surface area (Å²) in [5.41, 5.74) is -0.236. The van der Waals surface area contributed by atoms with Crippen molar-refractivity contribution >= 4 is 40.6 Å². The molecule has 1 fully saturated rings. The van der Waals surface area contributed by atoms with E-state index in [2.05, 4.69) is 4.74 Å². The van der Waals surface area contributed by atoms with E-state index in [0.29, 0.717) is 11.8 Å². The highest BCUT2D eigenvalue weighted by atomic mass is 32.2. The highest BCUT2D eigenvalue weighted by molar-refractivity contribution is 8.18. The summed E-state index contributed by atoms with van der Waals surface area (Å²) in [6.45, 7) is -0.186. The van der Waals surface area contributed by atoms with Gasteiger partial charge in [0, 0.05) is 6.07 Å². The summed E-state index contributed by atoms with van der Waals surface area (Å²) in [6, 6.07) is 6.42. The molecule has 1 aromatic heterocycles. The van der Waals surface area contributed by atoms with Crippen LogP contribution >= 0.6 is 11.8 Å². The third kappa shape index (κ3) is 3.74. The monoisotopic (exact) mass is 404 g/mol. The molecule has 0 spiro atoms. The van der Waals surface area contributed by atoms with Gasteiger partial charge in [0.15, 0.2) is 5.75 Å². The van der Waals surface area contributed by atoms with Crippen LogP contribution < -0.4 is 0 Å². The largest absolute Gasteiger partial charge is 0.502 e. The Morgan fingerprint density at radius 1 is 1.36 bits per heavy atom. The number of rotatable bonds is 5. The van der Waals surface area contributed by atoms with Gasteiger partial charge in [0.2, 0.25) is 5.76 Å². The number of carbonyl (C=O) groups is 3. The Morgan fingerprint density at radius 3 is 2.79 bits per heavy atom. The van der Waals surface area contributed by atoms with E-state index in [-0.39, 0.29) is 28.5 Å². The van der Waals surface area contributed by atoms with E-state index < -0.39 is 33.5 Å². The number of furan rings is 1. The minimum absolute atomic E-state index is 0.0589. The SMILES string of the molecule is COC(=O)c1ccc(CN2C(=O)SC(=Cc3ccc(O)c([N+](=O)[O-])c3)C2=O)o1. The number of methoxy groups -OCH3 is 1. The maximum absolute atomic E-state index is 12.5. The molecule has 2 amide bonds. The molecule has 2 heterocycles. The number of hydrogen-bond acceptors (Lipinski definition) is 9. The first kappa shape index (κ1) is 19.2. The predicted octanol–water partition coefficient (Wildman–Crippen LogP) is 2.92. The van der Waals surface area contributed by atoms with Gasteiger partial charge in [-0.1, -0.05) is 6.07 Å². The van der Waals surface area contributed by atoms with Crippen molar-refractivity contribution in [2.45, 2.75) is 6.54 Å². The van der Waals surface area contributed by atoms with Gasteiger partial charge in [-0.15, -0.1) is 0 Å². The van der Waals surface area contributed by atoms with Crippen molar-refractivity contribution < 1.29 is 33.6 Å². The number of ether oxygens (including phenoxy) is 1. The van der Waals surface area contributed by atoms with Crippen molar-refractivity contribution in [3.63, 3.8) is 0 Å². The van der Waals surface area contributed by atoms with E-state index in [1.165, 1.54) is 31.4 Å². The molecule has 0 saturated carbocycles. The lowest BCUT2D eigenvalue weighted by atomic mass is 10.1. The molecule has 0 atom stereocenters. The Labute approximate surface area is 161 Å². The molecule has 28 heavy (non-hydrogen) atoms. The summed E-state index contributed by atoms with van der Waals surface area (Å²) in [7, 11) is 1.19. The molecule has 1 aromatic carbocycles. The van der Waals surface area contributed by atoms with Gasteiger partial charge in [0.1, 0.15) is 5.76 Å². The molecular formula is C17H12N2O8S. The van der Waals surface area contributed by atoms with Crippen LogP contribution in [0.1, 0.15) is 21.9 Å². The highest BCUT2D eigenvalue weighted by Gasteiger charge is 2.36. The first-order valence-corrected chi connectivity index (χ1v) is 8.51. The third-order valence-electron chi connectivity index (χ3n) is 3.73. The molecule has 144 valence electrons. The number of hydrogen-bond donors (Lipinski definition) is 1. The standard InChI is InChI=1S/C17H12N2O8S/c1-26-16(22)13-5-3-10(27-13)8-18-15(21)14(28-17(18)23)7-9-2-4-12(20)11(6-9)19(24)25/h2-7,20H,8H2,1H3. The van der Waals surface area contributed by atoms with Crippen LogP contribution in [0.15, 0.2) is 39.7 Å². The number of carbonyl (C=O) groups excluding carboxylic acids is 3. The van der Waals surface area contributed by atoms with Gasteiger partial charge < -0.3 is 14.3 Å². The lowest BCUT2D eigenvalue weighted by molar-refractivity contribution is -0.385. The number of aromatic hydroxyl groups is 1. The number of thioether (sulfide) groups is 1. The molecule has 10 nitrogen and oxygen atoms in total. The molecule has 1 N–H and O–H groups in total. The van der Waals surface area contributed by atoms with Crippen LogP contribution in [0.3, 0.4) is 0 Å². The number of imide groups is 1. The van der Waals surface area contributed by atoms with E-state index in [9.17, 15) is 29.6 Å². The molecule has 3 rings (SSSR count). The molecular weight excluding hydrogens is 392 g/mol. The number of nitrogens with zero attached hydrogens (tertiary/aromatic N) is 2. The quantitative estimate of drug-likeness (QED) is 0.344. The number of phenolic OH excluding ortho intramolecular Hbond substituents is 1. The van der Waals surface area contributed by atoms with Crippen LogP contribution in [0.2, 0.25) is 0 Å². The van der Waals surface area contributed by atoms with E-state index in [4.69, 9.17) is 4.42 Å². The van der Waals surface area contributed by atoms with Crippen molar-refractivity contribution in [1.29, 1.82) is 0 Å². The molecule has 0 bridgehead atoms. The second kappa shape index (κ2) is 7.56. The maximum Gasteiger partial charge on any atom is 0.373 e. The van der Waals surface area contributed by atoms with Gasteiger partial charge >= 0.3 is 11.7 Å². The third-order valence-corrected chi connectivity index (χ3v) is 4.64. The van der Waals surface area contributed by atoms with Gasteiger partial charge in [0.05, 0.1) is 23.5 Å². The zero-order valence-corrected chi connectivity index (χ0v) is 15.1. The lowest BCUT2D eigenvalue weighted by Gasteiger charge is -2.09. The zero-order valence-electron chi connectivity index (χ0n) is 14.3. The molecule has 0 aliphatic carbocycles. The average Bonchev–Trinajstić information content (AvgIpc) is 3.23. The maximum atomic E-state index is 12.5. The van der Waals surface area contributed by atoms with Gasteiger partial charge in [-0.25, -0.2) is 4.79 Å². The summed E-state index contributed by atoms with van der Waals surface area (Å²) < 4.78 is 9.77. The number of nitro benzene ring substituents is 1. The predicted molar refractivity (Wildman–Crippen MR) is 96.3 cm³/mol. The van der Waals surface area contributed by atoms with Crippen LogP contribution in [0.25, 0.3) is 6.08 Å². The Kier molecular flexibility index (Phi) is 5.18. The molecule has 2 aromatic rings. The minimum atomic E-state index is -0.756. The van der Waals surface area contributed by atoms with Crippen LogP contribution in [-0.2, 0) is 16.1 Å². The topological polar surface area (TPSA) is 140 Å². The van der Waals surface area contributed by atoms with E-state index in [1.807, 2.05) is 0 Å². The Morgan fingerprint density at radius 2 is 2.11 bits per heavy atom. The van der Waals surface area contributed by atoms with Crippen molar-refractivity contribution in [3.8, 4) is 5.75 Å². The second-order valence-electron chi connectivity index (χ2n) is 5.53. The lowest BCUT2D eigenvalue weighted by Crippen LogP contribution is -2.27. The van der Waals surface area contributed by atoms with Gasteiger partial charge in [-0.05, 0) is 41.6 Å². The first-order valence-electron chi connectivity index (χ1n) is 7.70. The van der Waals surface area contributed by atoms with Crippen molar-refractivity contribution in [2.24, 2.45) is 0 Å². The number of amides is 2.